The van der Waals surface area contributed by atoms with Gasteiger partial charge in [0.25, 0.3) is 0 Å². The van der Waals surface area contributed by atoms with Crippen LogP contribution in [0.25, 0.3) is 10.2 Å². The van der Waals surface area contributed by atoms with Crippen LogP contribution in [0.1, 0.15) is 5.69 Å². The van der Waals surface area contributed by atoms with E-state index in [1.54, 1.807) is 12.3 Å². The molecule has 0 radical (unpaired) electrons. The van der Waals surface area contributed by atoms with Crippen LogP contribution in [0.15, 0.2) is 42.6 Å². The summed E-state index contributed by atoms with van der Waals surface area (Å²) in [6.45, 7) is 0.614. The fourth-order valence-electron chi connectivity index (χ4n) is 1.65. The summed E-state index contributed by atoms with van der Waals surface area (Å²) in [5, 5.41) is 3.97. The summed E-state index contributed by atoms with van der Waals surface area (Å²) in [6.07, 6.45) is 1.75. The number of aromatic nitrogens is 2. The molecule has 0 atom stereocenters. The molecule has 0 amide bonds. The van der Waals surface area contributed by atoms with Crippen molar-refractivity contribution in [2.75, 3.05) is 5.32 Å². The third-order valence-electron chi connectivity index (χ3n) is 2.50. The average Bonchev–Trinajstić information content (AvgIpc) is 2.79. The van der Waals surface area contributed by atoms with Gasteiger partial charge < -0.3 is 5.32 Å². The minimum Gasteiger partial charge on any atom is -0.356 e. The summed E-state index contributed by atoms with van der Waals surface area (Å²) >= 11 is 1.51. The van der Waals surface area contributed by atoms with Crippen LogP contribution in [0.4, 0.5) is 9.52 Å². The van der Waals surface area contributed by atoms with E-state index in [9.17, 15) is 4.39 Å². The number of rotatable bonds is 3. The molecule has 1 N–H and O–H groups in total. The molecule has 3 nitrogen and oxygen atoms in total. The number of nitrogens with zero attached hydrogens (tertiary/aromatic N) is 2. The molecule has 0 aliphatic rings. The van der Waals surface area contributed by atoms with Crippen LogP contribution in [-0.4, -0.2) is 9.97 Å². The number of fused-ring (bicyclic) bond motifs is 1. The van der Waals surface area contributed by atoms with Gasteiger partial charge in [0.2, 0.25) is 0 Å². The van der Waals surface area contributed by atoms with E-state index in [0.29, 0.717) is 12.1 Å². The Bertz CT molecular complexity index is 666. The van der Waals surface area contributed by atoms with Crippen LogP contribution in [0, 0.1) is 5.82 Å². The van der Waals surface area contributed by atoms with Gasteiger partial charge in [0.05, 0.1) is 22.5 Å². The first kappa shape index (κ1) is 11.1. The minimum atomic E-state index is -0.260. The second kappa shape index (κ2) is 4.70. The molecule has 2 heterocycles. The number of hydrogen-bond acceptors (Lipinski definition) is 4. The number of hydrogen-bond donors (Lipinski definition) is 1. The fraction of sp³-hybridized carbons (Fsp3) is 0.0769. The molecule has 0 spiro atoms. The second-order valence-corrected chi connectivity index (χ2v) is 4.84. The zero-order chi connectivity index (χ0) is 12.4. The summed E-state index contributed by atoms with van der Waals surface area (Å²) in [5.74, 6) is -0.260. The third kappa shape index (κ3) is 2.31. The van der Waals surface area contributed by atoms with Crippen molar-refractivity contribution in [3.05, 3.63) is 54.1 Å². The van der Waals surface area contributed by atoms with Gasteiger partial charge in [0, 0.05) is 12.3 Å². The predicted molar refractivity (Wildman–Crippen MR) is 71.1 cm³/mol. The highest BCUT2D eigenvalue weighted by atomic mass is 32.1. The molecule has 5 heteroatoms. The molecule has 0 saturated carbocycles. The van der Waals surface area contributed by atoms with Crippen molar-refractivity contribution in [3.63, 3.8) is 0 Å². The largest absolute Gasteiger partial charge is 0.356 e. The number of halogens is 1. The Labute approximate surface area is 107 Å². The summed E-state index contributed by atoms with van der Waals surface area (Å²) in [5.41, 5.74) is 1.63. The van der Waals surface area contributed by atoms with Gasteiger partial charge in [-0.3, -0.25) is 4.98 Å². The monoisotopic (exact) mass is 259 g/mol. The van der Waals surface area contributed by atoms with Gasteiger partial charge in [-0.25, -0.2) is 9.37 Å². The third-order valence-corrected chi connectivity index (χ3v) is 3.49. The Balaban J connectivity index is 1.79. The van der Waals surface area contributed by atoms with Crippen LogP contribution in [0.5, 0.6) is 0 Å². The average molecular weight is 259 g/mol. The van der Waals surface area contributed by atoms with Crippen LogP contribution in [0.3, 0.4) is 0 Å². The number of thiazole rings is 1. The van der Waals surface area contributed by atoms with Crippen molar-refractivity contribution in [1.82, 2.24) is 9.97 Å². The van der Waals surface area contributed by atoms with Gasteiger partial charge in [-0.15, -0.1) is 0 Å². The van der Waals surface area contributed by atoms with Crippen molar-refractivity contribution in [2.24, 2.45) is 0 Å². The molecule has 3 aromatic rings. The van der Waals surface area contributed by atoms with E-state index >= 15 is 0 Å². The van der Waals surface area contributed by atoms with Gasteiger partial charge in [-0.05, 0) is 24.3 Å². The van der Waals surface area contributed by atoms with Gasteiger partial charge in [0.15, 0.2) is 5.13 Å². The van der Waals surface area contributed by atoms with Crippen LogP contribution >= 0.6 is 11.3 Å². The van der Waals surface area contributed by atoms with Gasteiger partial charge in [-0.1, -0.05) is 17.4 Å². The van der Waals surface area contributed by atoms with Gasteiger partial charge >= 0.3 is 0 Å². The molecule has 0 aliphatic heterocycles. The molecule has 2 aromatic heterocycles. The van der Waals surface area contributed by atoms with E-state index in [1.165, 1.54) is 23.5 Å². The number of pyridine rings is 1. The van der Waals surface area contributed by atoms with E-state index in [1.807, 2.05) is 18.2 Å². The Morgan fingerprint density at radius 2 is 2.17 bits per heavy atom. The Hall–Kier alpha value is -2.01. The highest BCUT2D eigenvalue weighted by Gasteiger charge is 2.04. The molecule has 0 unspecified atom stereocenters. The van der Waals surface area contributed by atoms with Crippen LogP contribution in [-0.2, 0) is 6.54 Å². The molecule has 90 valence electrons. The van der Waals surface area contributed by atoms with E-state index in [2.05, 4.69) is 15.3 Å². The van der Waals surface area contributed by atoms with Crippen LogP contribution in [0.2, 0.25) is 0 Å². The first-order chi connectivity index (χ1) is 8.81. The smallest absolute Gasteiger partial charge is 0.184 e. The van der Waals surface area contributed by atoms with Crippen molar-refractivity contribution >= 4 is 26.7 Å². The molecule has 3 rings (SSSR count). The van der Waals surface area contributed by atoms with Crippen molar-refractivity contribution in [2.45, 2.75) is 6.54 Å². The molecule has 0 bridgehead atoms. The number of nitrogens with one attached hydrogen (secondary N) is 1. The zero-order valence-electron chi connectivity index (χ0n) is 9.43. The topological polar surface area (TPSA) is 37.8 Å². The summed E-state index contributed by atoms with van der Waals surface area (Å²) in [6, 6.07) is 10.4. The summed E-state index contributed by atoms with van der Waals surface area (Å²) < 4.78 is 14.0. The highest BCUT2D eigenvalue weighted by Crippen LogP contribution is 2.26. The molecule has 1 aromatic carbocycles. The maximum Gasteiger partial charge on any atom is 0.184 e. The lowest BCUT2D eigenvalue weighted by Gasteiger charge is -2.00. The first-order valence-electron chi connectivity index (χ1n) is 5.51. The van der Waals surface area contributed by atoms with E-state index in [0.717, 1.165) is 15.5 Å². The lowest BCUT2D eigenvalue weighted by atomic mass is 10.3. The summed E-state index contributed by atoms with van der Waals surface area (Å²) in [7, 11) is 0. The maximum absolute atomic E-state index is 13.0. The minimum absolute atomic E-state index is 0.260. The summed E-state index contributed by atoms with van der Waals surface area (Å²) in [4.78, 5) is 8.54. The zero-order valence-corrected chi connectivity index (χ0v) is 10.2. The predicted octanol–water partition coefficient (Wildman–Crippen LogP) is 3.44. The lowest BCUT2D eigenvalue weighted by molar-refractivity contribution is 0.629. The molecule has 0 fully saturated rings. The Kier molecular flexibility index (Phi) is 2.90. The molecular weight excluding hydrogens is 249 g/mol. The molecule has 18 heavy (non-hydrogen) atoms. The normalized spacial score (nSPS) is 10.7. The molecule has 0 saturated heterocycles. The van der Waals surface area contributed by atoms with Crippen molar-refractivity contribution in [3.8, 4) is 0 Å². The van der Waals surface area contributed by atoms with Gasteiger partial charge in [-0.2, -0.15) is 0 Å². The molecule has 0 aliphatic carbocycles. The Morgan fingerprint density at radius 1 is 1.22 bits per heavy atom. The van der Waals surface area contributed by atoms with E-state index in [-0.39, 0.29) is 5.82 Å². The molecular formula is C13H10FN3S. The Morgan fingerprint density at radius 3 is 3.00 bits per heavy atom. The standard InChI is InChI=1S/C13H10FN3S/c14-9-4-5-12-11(7-9)17-13(18-12)16-8-10-3-1-2-6-15-10/h1-7H,8H2,(H,16,17). The number of benzene rings is 1. The quantitative estimate of drug-likeness (QED) is 0.783. The first-order valence-corrected chi connectivity index (χ1v) is 6.33. The van der Waals surface area contributed by atoms with Crippen molar-refractivity contribution in [1.29, 1.82) is 0 Å². The highest BCUT2D eigenvalue weighted by molar-refractivity contribution is 7.22. The fourth-order valence-corrected chi connectivity index (χ4v) is 2.49. The number of anilines is 1. The lowest BCUT2D eigenvalue weighted by Crippen LogP contribution is -2.00. The second-order valence-electron chi connectivity index (χ2n) is 3.81. The SMILES string of the molecule is Fc1ccc2sc(NCc3ccccn3)nc2c1. The van der Waals surface area contributed by atoms with Crippen LogP contribution < -0.4 is 5.32 Å². The maximum atomic E-state index is 13.0. The van der Waals surface area contributed by atoms with E-state index < -0.39 is 0 Å². The van der Waals surface area contributed by atoms with E-state index in [4.69, 9.17) is 0 Å². The van der Waals surface area contributed by atoms with Crippen molar-refractivity contribution < 1.29 is 4.39 Å². The van der Waals surface area contributed by atoms with Gasteiger partial charge in [0.1, 0.15) is 5.82 Å².